The molecule has 2 aromatic rings. The van der Waals surface area contributed by atoms with E-state index in [9.17, 15) is 9.18 Å². The summed E-state index contributed by atoms with van der Waals surface area (Å²) in [6.07, 6.45) is 1.07. The molecule has 0 saturated carbocycles. The Balaban J connectivity index is 0.00000261. The van der Waals surface area contributed by atoms with Gasteiger partial charge in [-0.05, 0) is 48.2 Å². The molecule has 3 rings (SSSR count). The fraction of sp³-hybridized carbons (Fsp3) is 0.350. The van der Waals surface area contributed by atoms with Gasteiger partial charge in [0.1, 0.15) is 18.2 Å². The predicted molar refractivity (Wildman–Crippen MR) is 103 cm³/mol. The van der Waals surface area contributed by atoms with E-state index in [1.165, 1.54) is 12.1 Å². The van der Waals surface area contributed by atoms with E-state index in [4.69, 9.17) is 15.2 Å². The molecule has 7 heteroatoms. The number of hydrogen-bond donors (Lipinski definition) is 2. The van der Waals surface area contributed by atoms with Crippen LogP contribution in [-0.2, 0) is 22.7 Å². The zero-order valence-electron chi connectivity index (χ0n) is 14.9. The molecule has 0 unspecified atom stereocenters. The molecule has 0 spiro atoms. The van der Waals surface area contributed by atoms with E-state index < -0.39 is 5.54 Å². The van der Waals surface area contributed by atoms with Crippen molar-refractivity contribution in [1.82, 2.24) is 5.32 Å². The lowest BCUT2D eigenvalue weighted by molar-refractivity contribution is -0.129. The third kappa shape index (κ3) is 5.92. The second-order valence-corrected chi connectivity index (χ2v) is 6.51. The molecular formula is C20H24ClFN2O3. The van der Waals surface area contributed by atoms with Gasteiger partial charge in [0.15, 0.2) is 0 Å². The maximum atomic E-state index is 13.2. The van der Waals surface area contributed by atoms with Crippen LogP contribution in [0.15, 0.2) is 48.5 Å². The number of nitrogens with one attached hydrogen (secondary N) is 1. The molecule has 2 aromatic carbocycles. The summed E-state index contributed by atoms with van der Waals surface area (Å²) in [6, 6.07) is 13.7. The van der Waals surface area contributed by atoms with Gasteiger partial charge in [-0.2, -0.15) is 0 Å². The van der Waals surface area contributed by atoms with Gasteiger partial charge in [-0.1, -0.05) is 24.3 Å². The maximum Gasteiger partial charge on any atom is 0.240 e. The number of amides is 1. The normalized spacial score (nSPS) is 15.5. The highest BCUT2D eigenvalue weighted by atomic mass is 35.5. The number of hydrogen-bond acceptors (Lipinski definition) is 4. The number of rotatable bonds is 6. The summed E-state index contributed by atoms with van der Waals surface area (Å²) in [6.45, 7) is 1.73. The Bertz CT molecular complexity index is 749. The van der Waals surface area contributed by atoms with Crippen molar-refractivity contribution in [3.05, 3.63) is 65.5 Å². The molecule has 0 radical (unpaired) electrons. The van der Waals surface area contributed by atoms with Gasteiger partial charge in [-0.25, -0.2) is 4.39 Å². The Morgan fingerprint density at radius 2 is 1.85 bits per heavy atom. The first-order chi connectivity index (χ1) is 12.5. The third-order valence-corrected chi connectivity index (χ3v) is 4.51. The van der Waals surface area contributed by atoms with E-state index >= 15 is 0 Å². The van der Waals surface area contributed by atoms with Crippen LogP contribution < -0.4 is 15.8 Å². The van der Waals surface area contributed by atoms with Gasteiger partial charge in [0, 0.05) is 19.8 Å². The van der Waals surface area contributed by atoms with Gasteiger partial charge in [0.2, 0.25) is 5.91 Å². The highest BCUT2D eigenvalue weighted by Crippen LogP contribution is 2.18. The van der Waals surface area contributed by atoms with Crippen molar-refractivity contribution in [3.63, 3.8) is 0 Å². The molecule has 5 nitrogen and oxygen atoms in total. The van der Waals surface area contributed by atoms with Crippen LogP contribution in [0.3, 0.4) is 0 Å². The quantitative estimate of drug-likeness (QED) is 0.790. The van der Waals surface area contributed by atoms with Gasteiger partial charge in [0.05, 0.1) is 5.54 Å². The molecule has 1 aliphatic heterocycles. The average molecular weight is 395 g/mol. The highest BCUT2D eigenvalue weighted by molar-refractivity contribution is 5.86. The molecule has 1 aliphatic rings. The summed E-state index contributed by atoms with van der Waals surface area (Å²) in [5.74, 6) is 0.260. The van der Waals surface area contributed by atoms with Crippen molar-refractivity contribution in [2.45, 2.75) is 31.5 Å². The van der Waals surface area contributed by atoms with Crippen LogP contribution in [0.5, 0.6) is 5.75 Å². The second kappa shape index (κ2) is 9.69. The topological polar surface area (TPSA) is 73.6 Å². The van der Waals surface area contributed by atoms with Gasteiger partial charge < -0.3 is 20.5 Å². The van der Waals surface area contributed by atoms with Crippen LogP contribution in [0.1, 0.15) is 24.0 Å². The zero-order valence-corrected chi connectivity index (χ0v) is 15.8. The van der Waals surface area contributed by atoms with Crippen LogP contribution in [0, 0.1) is 5.82 Å². The molecule has 1 heterocycles. The minimum absolute atomic E-state index is 0. The van der Waals surface area contributed by atoms with Crippen molar-refractivity contribution < 1.29 is 18.7 Å². The molecule has 0 atom stereocenters. The Kier molecular flexibility index (Phi) is 7.59. The summed E-state index contributed by atoms with van der Waals surface area (Å²) in [7, 11) is 0. The largest absolute Gasteiger partial charge is 0.489 e. The standard InChI is InChI=1S/C20H23FN2O3.ClH/c21-17-3-1-2-16(12-17)14-26-18-6-4-15(5-7-18)13-23-19(24)20(22)8-10-25-11-9-20;/h1-7,12H,8-11,13-14,22H2,(H,23,24);1H. The fourth-order valence-electron chi connectivity index (χ4n) is 2.82. The van der Waals surface area contributed by atoms with Crippen molar-refractivity contribution >= 4 is 18.3 Å². The van der Waals surface area contributed by atoms with Crippen LogP contribution >= 0.6 is 12.4 Å². The second-order valence-electron chi connectivity index (χ2n) is 6.51. The molecule has 0 bridgehead atoms. The Morgan fingerprint density at radius 3 is 2.52 bits per heavy atom. The molecule has 0 aromatic heterocycles. The van der Waals surface area contributed by atoms with Crippen molar-refractivity contribution in [2.75, 3.05) is 13.2 Å². The molecular weight excluding hydrogens is 371 g/mol. The zero-order chi connectivity index (χ0) is 18.4. The number of nitrogens with two attached hydrogens (primary N) is 1. The summed E-state index contributed by atoms with van der Waals surface area (Å²) >= 11 is 0. The van der Waals surface area contributed by atoms with E-state index in [0.717, 1.165) is 11.1 Å². The molecule has 146 valence electrons. The Morgan fingerprint density at radius 1 is 1.15 bits per heavy atom. The summed E-state index contributed by atoms with van der Waals surface area (Å²) in [5, 5.41) is 2.89. The van der Waals surface area contributed by atoms with Gasteiger partial charge in [0.25, 0.3) is 0 Å². The molecule has 27 heavy (non-hydrogen) atoms. The number of halogens is 2. The highest BCUT2D eigenvalue weighted by Gasteiger charge is 2.35. The third-order valence-electron chi connectivity index (χ3n) is 4.51. The minimum Gasteiger partial charge on any atom is -0.489 e. The van der Waals surface area contributed by atoms with Crippen molar-refractivity contribution in [3.8, 4) is 5.75 Å². The van der Waals surface area contributed by atoms with E-state index in [2.05, 4.69) is 5.32 Å². The Hall–Kier alpha value is -2.15. The molecule has 0 aliphatic carbocycles. The predicted octanol–water partition coefficient (Wildman–Crippen LogP) is 2.95. The summed E-state index contributed by atoms with van der Waals surface area (Å²) in [4.78, 5) is 12.3. The number of ether oxygens (including phenoxy) is 2. The molecule has 1 saturated heterocycles. The van der Waals surface area contributed by atoms with Gasteiger partial charge >= 0.3 is 0 Å². The van der Waals surface area contributed by atoms with E-state index in [1.54, 1.807) is 6.07 Å². The van der Waals surface area contributed by atoms with Crippen LogP contribution in [0.2, 0.25) is 0 Å². The first-order valence-corrected chi connectivity index (χ1v) is 8.66. The lowest BCUT2D eigenvalue weighted by Crippen LogP contribution is -2.56. The van der Waals surface area contributed by atoms with E-state index in [1.807, 2.05) is 30.3 Å². The van der Waals surface area contributed by atoms with Gasteiger partial charge in [-0.15, -0.1) is 12.4 Å². The summed E-state index contributed by atoms with van der Waals surface area (Å²) in [5.41, 5.74) is 7.04. The lowest BCUT2D eigenvalue weighted by atomic mass is 9.90. The molecule has 1 fully saturated rings. The van der Waals surface area contributed by atoms with Crippen molar-refractivity contribution in [1.29, 1.82) is 0 Å². The van der Waals surface area contributed by atoms with Crippen molar-refractivity contribution in [2.24, 2.45) is 5.73 Å². The monoisotopic (exact) mass is 394 g/mol. The van der Waals surface area contributed by atoms with Crippen LogP contribution in [0.4, 0.5) is 4.39 Å². The first kappa shape index (κ1) is 21.2. The number of carbonyl (C=O) groups excluding carboxylic acids is 1. The fourth-order valence-corrected chi connectivity index (χ4v) is 2.82. The number of benzene rings is 2. The first-order valence-electron chi connectivity index (χ1n) is 8.66. The smallest absolute Gasteiger partial charge is 0.240 e. The van der Waals surface area contributed by atoms with E-state index in [0.29, 0.717) is 45.0 Å². The van der Waals surface area contributed by atoms with Crippen LogP contribution in [0.25, 0.3) is 0 Å². The SMILES string of the molecule is Cl.NC1(C(=O)NCc2ccc(OCc3cccc(F)c3)cc2)CCOCC1. The molecule has 3 N–H and O–H groups in total. The van der Waals surface area contributed by atoms with Gasteiger partial charge in [-0.3, -0.25) is 4.79 Å². The number of carbonyl (C=O) groups is 1. The lowest BCUT2D eigenvalue weighted by Gasteiger charge is -2.31. The van der Waals surface area contributed by atoms with Crippen LogP contribution in [-0.4, -0.2) is 24.7 Å². The summed E-state index contributed by atoms with van der Waals surface area (Å²) < 4.78 is 24.1. The minimum atomic E-state index is -0.841. The van der Waals surface area contributed by atoms with E-state index in [-0.39, 0.29) is 24.1 Å². The maximum absolute atomic E-state index is 13.2. The molecule has 1 amide bonds. The Labute approximate surface area is 164 Å². The average Bonchev–Trinajstić information content (AvgIpc) is 2.66.